The highest BCUT2D eigenvalue weighted by atomic mass is 31.2. The minimum atomic E-state index is -4.62. The van der Waals surface area contributed by atoms with Crippen LogP contribution in [0.15, 0.2) is 36.5 Å². The number of phosphoric ester groups is 1. The summed E-state index contributed by atoms with van der Waals surface area (Å²) in [6.07, 6.45) is 51.9. The molecule has 4 N–H and O–H groups in total. The van der Waals surface area contributed by atoms with E-state index in [1.165, 1.54) is 148 Å². The molecule has 0 fully saturated rings. The maximum atomic E-state index is 12.7. The fraction of sp³-hybridized carbons (Fsp3) is 0.837. The summed E-state index contributed by atoms with van der Waals surface area (Å²) in [6.45, 7) is 3.87. The van der Waals surface area contributed by atoms with Crippen molar-refractivity contribution in [2.24, 2.45) is 5.73 Å². The Morgan fingerprint density at radius 3 is 1.40 bits per heavy atom. The van der Waals surface area contributed by atoms with Crippen LogP contribution < -0.4 is 5.73 Å². The van der Waals surface area contributed by atoms with E-state index in [9.17, 15) is 19.0 Å². The van der Waals surface area contributed by atoms with Crippen LogP contribution in [0.4, 0.5) is 0 Å². The number of allylic oxidation sites excluding steroid dienone is 6. The van der Waals surface area contributed by atoms with Crippen LogP contribution in [-0.2, 0) is 32.7 Å². The zero-order valence-electron chi connectivity index (χ0n) is 38.6. The van der Waals surface area contributed by atoms with E-state index >= 15 is 0 Å². The van der Waals surface area contributed by atoms with Crippen molar-refractivity contribution in [1.29, 1.82) is 0 Å². The largest absolute Gasteiger partial charge is 0.480 e. The number of carbonyl (C=O) groups is 2. The van der Waals surface area contributed by atoms with Crippen LogP contribution in [0.2, 0.25) is 0 Å². The smallest absolute Gasteiger partial charge is 0.472 e. The third kappa shape index (κ3) is 44.3. The minimum absolute atomic E-state index is 0.0145. The molecule has 60 heavy (non-hydrogen) atoms. The molecule has 0 aromatic rings. The number of carboxylic acids is 1. The van der Waals surface area contributed by atoms with Gasteiger partial charge in [0.15, 0.2) is 0 Å². The van der Waals surface area contributed by atoms with Gasteiger partial charge >= 0.3 is 19.8 Å². The summed E-state index contributed by atoms with van der Waals surface area (Å²) in [7, 11) is -4.62. The summed E-state index contributed by atoms with van der Waals surface area (Å²) >= 11 is 0. The number of unbranched alkanes of at least 4 members (excludes halogenated alkanes) is 27. The average Bonchev–Trinajstić information content (AvgIpc) is 3.23. The monoisotopic (exact) mass is 870 g/mol. The van der Waals surface area contributed by atoms with Gasteiger partial charge in [-0.2, -0.15) is 0 Å². The first-order chi connectivity index (χ1) is 29.2. The van der Waals surface area contributed by atoms with Crippen molar-refractivity contribution < 1.29 is 42.7 Å². The summed E-state index contributed by atoms with van der Waals surface area (Å²) in [5.41, 5.74) is 5.37. The van der Waals surface area contributed by atoms with E-state index < -0.39 is 45.1 Å². The van der Waals surface area contributed by atoms with E-state index in [0.29, 0.717) is 13.0 Å². The molecule has 0 aromatic carbocycles. The zero-order valence-corrected chi connectivity index (χ0v) is 39.5. The number of aliphatic carboxylic acids is 1. The SMILES string of the molecule is CCCCC/C=C\C/C=C\CCCCCCCCCCCCOCC(COP(=O)(O)OCC(N)C(=O)O)OC(=O)CCCCCCCCC/C=C\CCCCCCCCC. The van der Waals surface area contributed by atoms with Gasteiger partial charge in [0, 0.05) is 13.0 Å². The second kappa shape index (κ2) is 45.2. The number of carbonyl (C=O) groups excluding carboxylic acids is 1. The highest BCUT2D eigenvalue weighted by Crippen LogP contribution is 2.43. The molecule has 0 saturated heterocycles. The van der Waals surface area contributed by atoms with Crippen LogP contribution in [0.3, 0.4) is 0 Å². The second-order valence-corrected chi connectivity index (χ2v) is 18.0. The molecule has 3 unspecified atom stereocenters. The van der Waals surface area contributed by atoms with Crippen molar-refractivity contribution in [1.82, 2.24) is 0 Å². The standard InChI is InChI=1S/C49H92NO9P/c1-3-5-7-9-11-13-15-17-19-21-23-24-26-28-30-32-34-36-38-40-42-56-43-46(44-57-60(54,55)58-45-47(50)49(52)53)59-48(51)41-39-37-35-33-31-29-27-25-22-20-18-16-14-12-10-8-6-4-2/h11,13,17,19-20,22,46-47H,3-10,12,14-16,18,21,23-45,50H2,1-2H3,(H,52,53)(H,54,55)/b13-11-,19-17-,22-20-. The molecule has 10 nitrogen and oxygen atoms in total. The predicted molar refractivity (Wildman–Crippen MR) is 249 cm³/mol. The number of nitrogens with two attached hydrogens (primary N) is 1. The lowest BCUT2D eigenvalue weighted by molar-refractivity contribution is -0.154. The van der Waals surface area contributed by atoms with Gasteiger partial charge in [-0.25, -0.2) is 4.57 Å². The van der Waals surface area contributed by atoms with Crippen molar-refractivity contribution in [3.63, 3.8) is 0 Å². The first-order valence-corrected chi connectivity index (χ1v) is 26.0. The lowest BCUT2D eigenvalue weighted by Gasteiger charge is -2.20. The topological polar surface area (TPSA) is 155 Å². The van der Waals surface area contributed by atoms with Gasteiger partial charge in [-0.05, 0) is 70.6 Å². The fourth-order valence-corrected chi connectivity index (χ4v) is 7.58. The summed E-state index contributed by atoms with van der Waals surface area (Å²) in [6, 6.07) is -1.47. The van der Waals surface area contributed by atoms with E-state index in [1.54, 1.807) is 0 Å². The van der Waals surface area contributed by atoms with Crippen LogP contribution in [0.1, 0.15) is 226 Å². The van der Waals surface area contributed by atoms with Crippen LogP contribution in [0, 0.1) is 0 Å². The number of carboxylic acid groups (broad SMARTS) is 1. The maximum Gasteiger partial charge on any atom is 0.472 e. The average molecular weight is 870 g/mol. The first-order valence-electron chi connectivity index (χ1n) is 24.5. The minimum Gasteiger partial charge on any atom is -0.480 e. The van der Waals surface area contributed by atoms with Gasteiger partial charge in [0.05, 0.1) is 19.8 Å². The van der Waals surface area contributed by atoms with E-state index in [2.05, 4.69) is 50.3 Å². The van der Waals surface area contributed by atoms with Crippen molar-refractivity contribution in [3.05, 3.63) is 36.5 Å². The lowest BCUT2D eigenvalue weighted by Crippen LogP contribution is -2.34. The second-order valence-electron chi connectivity index (χ2n) is 16.6. The summed E-state index contributed by atoms with van der Waals surface area (Å²) in [5.74, 6) is -1.78. The van der Waals surface area contributed by atoms with Gasteiger partial charge in [0.2, 0.25) is 0 Å². The molecular formula is C49H92NO9P. The van der Waals surface area contributed by atoms with Gasteiger partial charge in [-0.3, -0.25) is 18.6 Å². The Morgan fingerprint density at radius 2 is 0.917 bits per heavy atom. The molecule has 0 radical (unpaired) electrons. The molecule has 0 aliphatic heterocycles. The highest BCUT2D eigenvalue weighted by molar-refractivity contribution is 7.47. The first kappa shape index (κ1) is 58.2. The third-order valence-electron chi connectivity index (χ3n) is 10.6. The third-order valence-corrected chi connectivity index (χ3v) is 11.6. The van der Waals surface area contributed by atoms with Crippen molar-refractivity contribution in [2.75, 3.05) is 26.4 Å². The number of rotatable bonds is 47. The molecule has 11 heteroatoms. The summed E-state index contributed by atoms with van der Waals surface area (Å²) in [5, 5.41) is 8.92. The zero-order chi connectivity index (χ0) is 44.0. The summed E-state index contributed by atoms with van der Waals surface area (Å²) in [4.78, 5) is 33.6. The molecule has 0 aromatic heterocycles. The molecule has 0 spiro atoms. The van der Waals surface area contributed by atoms with Crippen molar-refractivity contribution >= 4 is 19.8 Å². The molecule has 0 aliphatic rings. The molecule has 0 aliphatic carbocycles. The molecule has 0 heterocycles. The lowest BCUT2D eigenvalue weighted by atomic mass is 10.1. The van der Waals surface area contributed by atoms with E-state index in [1.807, 2.05) is 0 Å². The van der Waals surface area contributed by atoms with Crippen LogP contribution in [0.25, 0.3) is 0 Å². The Labute approximate surface area is 367 Å². The number of hydrogen-bond acceptors (Lipinski definition) is 8. The van der Waals surface area contributed by atoms with Gasteiger partial charge in [0.1, 0.15) is 12.1 Å². The quantitative estimate of drug-likeness (QED) is 0.0233. The molecule has 0 amide bonds. The van der Waals surface area contributed by atoms with Gasteiger partial charge in [-0.1, -0.05) is 185 Å². The van der Waals surface area contributed by atoms with E-state index in [-0.39, 0.29) is 13.0 Å². The van der Waals surface area contributed by atoms with Crippen molar-refractivity contribution in [2.45, 2.75) is 238 Å². The van der Waals surface area contributed by atoms with Crippen LogP contribution >= 0.6 is 7.82 Å². The highest BCUT2D eigenvalue weighted by Gasteiger charge is 2.27. The molecular weight excluding hydrogens is 778 g/mol. The van der Waals surface area contributed by atoms with Crippen molar-refractivity contribution in [3.8, 4) is 0 Å². The summed E-state index contributed by atoms with van der Waals surface area (Å²) < 4.78 is 33.5. The Morgan fingerprint density at radius 1 is 0.533 bits per heavy atom. The van der Waals surface area contributed by atoms with Gasteiger partial charge in [0.25, 0.3) is 0 Å². The number of hydrogen-bond donors (Lipinski definition) is 3. The van der Waals surface area contributed by atoms with E-state index in [4.69, 9.17) is 29.4 Å². The molecule has 0 bridgehead atoms. The molecule has 0 saturated carbocycles. The van der Waals surface area contributed by atoms with Crippen LogP contribution in [0.5, 0.6) is 0 Å². The van der Waals surface area contributed by atoms with Gasteiger partial charge in [-0.15, -0.1) is 0 Å². The number of esters is 1. The maximum absolute atomic E-state index is 12.7. The Balaban J connectivity index is 4.17. The Bertz CT molecular complexity index is 1100. The molecule has 352 valence electrons. The fourth-order valence-electron chi connectivity index (χ4n) is 6.81. The van der Waals surface area contributed by atoms with Crippen LogP contribution in [-0.4, -0.2) is 60.5 Å². The van der Waals surface area contributed by atoms with E-state index in [0.717, 1.165) is 51.4 Å². The Kier molecular flexibility index (Phi) is 43.9. The number of ether oxygens (including phenoxy) is 2. The molecule has 3 atom stereocenters. The predicted octanol–water partition coefficient (Wildman–Crippen LogP) is 14.0. The normalized spacial score (nSPS) is 14.1. The number of phosphoric acid groups is 1. The van der Waals surface area contributed by atoms with Gasteiger partial charge < -0.3 is 25.2 Å². The molecule has 0 rings (SSSR count). The Hall–Kier alpha value is -1.81.